The van der Waals surface area contributed by atoms with E-state index in [1.807, 2.05) is 42.1 Å². The minimum Gasteiger partial charge on any atom is -0.376 e. The van der Waals surface area contributed by atoms with Gasteiger partial charge in [0.25, 0.3) is 5.56 Å². The lowest BCUT2D eigenvalue weighted by atomic mass is 10.1. The summed E-state index contributed by atoms with van der Waals surface area (Å²) in [4.78, 5) is 30.3. The van der Waals surface area contributed by atoms with Crippen molar-refractivity contribution in [2.24, 2.45) is 7.05 Å². The maximum atomic E-state index is 13.1. The van der Waals surface area contributed by atoms with Gasteiger partial charge in [-0.1, -0.05) is 0 Å². The molecule has 0 bridgehead atoms. The van der Waals surface area contributed by atoms with E-state index in [1.54, 1.807) is 0 Å². The fraction of sp³-hybridized carbons (Fsp3) is 0.222. The van der Waals surface area contributed by atoms with Crippen molar-refractivity contribution in [3.8, 4) is 5.69 Å². The summed E-state index contributed by atoms with van der Waals surface area (Å²) in [6.45, 7) is 1.11. The van der Waals surface area contributed by atoms with Crippen molar-refractivity contribution < 1.29 is 4.74 Å². The standard InChI is InChI=1S/C18H15N3O3S/c1-20-6-4-10-8-11(2-3-13(10)20)21-17(22)15-12-5-7-24-9-14(12)25-16(15)19-18(21)23/h2-4,6,8H,5,7,9H2,1H3,(H,19,23). The number of thiophene rings is 1. The molecular formula is C18H15N3O3S. The Labute approximate surface area is 145 Å². The molecule has 3 aromatic heterocycles. The molecule has 1 N–H and O–H groups in total. The van der Waals surface area contributed by atoms with Crippen molar-refractivity contribution in [3.63, 3.8) is 0 Å². The molecule has 0 saturated heterocycles. The summed E-state index contributed by atoms with van der Waals surface area (Å²) in [7, 11) is 1.97. The molecule has 1 aliphatic rings. The smallest absolute Gasteiger partial charge is 0.334 e. The Hall–Kier alpha value is -2.64. The highest BCUT2D eigenvalue weighted by Gasteiger charge is 2.21. The Balaban J connectivity index is 1.82. The summed E-state index contributed by atoms with van der Waals surface area (Å²) in [6.07, 6.45) is 2.66. The average Bonchev–Trinajstić information content (AvgIpc) is 3.15. The molecule has 0 fully saturated rings. The van der Waals surface area contributed by atoms with Crippen LogP contribution in [0, 0.1) is 0 Å². The van der Waals surface area contributed by atoms with E-state index in [2.05, 4.69) is 4.98 Å². The highest BCUT2D eigenvalue weighted by Crippen LogP contribution is 2.31. The molecule has 0 spiro atoms. The number of rotatable bonds is 1. The monoisotopic (exact) mass is 353 g/mol. The van der Waals surface area contributed by atoms with Crippen LogP contribution in [0.25, 0.3) is 26.8 Å². The van der Waals surface area contributed by atoms with Gasteiger partial charge in [-0.05, 0) is 36.2 Å². The maximum absolute atomic E-state index is 13.1. The van der Waals surface area contributed by atoms with Gasteiger partial charge in [0.1, 0.15) is 4.83 Å². The van der Waals surface area contributed by atoms with Crippen LogP contribution in [0.2, 0.25) is 0 Å². The number of nitrogens with one attached hydrogen (secondary N) is 1. The second-order valence-electron chi connectivity index (χ2n) is 6.25. The first kappa shape index (κ1) is 14.7. The van der Waals surface area contributed by atoms with Crippen molar-refractivity contribution in [3.05, 3.63) is 61.7 Å². The number of nitrogens with zero attached hydrogens (tertiary/aromatic N) is 2. The van der Waals surface area contributed by atoms with Crippen LogP contribution in [0.4, 0.5) is 0 Å². The fourth-order valence-corrected chi connectivity index (χ4v) is 4.71. The number of fused-ring (bicyclic) bond motifs is 4. The van der Waals surface area contributed by atoms with Crippen molar-refractivity contribution in [1.82, 2.24) is 14.1 Å². The topological polar surface area (TPSA) is 69.0 Å². The van der Waals surface area contributed by atoms with Crippen LogP contribution in [-0.2, 0) is 24.8 Å². The van der Waals surface area contributed by atoms with Crippen LogP contribution in [0.15, 0.2) is 40.1 Å². The van der Waals surface area contributed by atoms with Gasteiger partial charge in [0.2, 0.25) is 0 Å². The second kappa shape index (κ2) is 5.18. The molecule has 0 saturated carbocycles. The number of benzene rings is 1. The number of hydrogen-bond donors (Lipinski definition) is 1. The van der Waals surface area contributed by atoms with E-state index in [0.717, 1.165) is 21.3 Å². The van der Waals surface area contributed by atoms with Crippen molar-refractivity contribution in [2.75, 3.05) is 6.61 Å². The normalized spacial score (nSPS) is 14.3. The van der Waals surface area contributed by atoms with Crippen LogP contribution in [0.3, 0.4) is 0 Å². The van der Waals surface area contributed by atoms with Gasteiger partial charge in [0.15, 0.2) is 0 Å². The Morgan fingerprint density at radius 2 is 2.12 bits per heavy atom. The molecule has 0 amide bonds. The molecule has 0 aliphatic carbocycles. The molecule has 4 aromatic rings. The Kier molecular flexibility index (Phi) is 3.04. The first-order chi connectivity index (χ1) is 12.1. The van der Waals surface area contributed by atoms with Crippen molar-refractivity contribution in [1.29, 1.82) is 0 Å². The highest BCUT2D eigenvalue weighted by molar-refractivity contribution is 7.18. The molecule has 0 unspecified atom stereocenters. The van der Waals surface area contributed by atoms with Crippen LogP contribution >= 0.6 is 11.3 Å². The largest absolute Gasteiger partial charge is 0.376 e. The van der Waals surface area contributed by atoms with Crippen LogP contribution < -0.4 is 11.2 Å². The number of H-pyrrole nitrogens is 1. The van der Waals surface area contributed by atoms with Crippen LogP contribution in [0.1, 0.15) is 10.4 Å². The summed E-state index contributed by atoms with van der Waals surface area (Å²) in [5, 5.41) is 1.61. The number of hydrogen-bond acceptors (Lipinski definition) is 4. The molecule has 0 radical (unpaired) electrons. The summed E-state index contributed by atoms with van der Waals surface area (Å²) in [5.74, 6) is 0. The van der Waals surface area contributed by atoms with Gasteiger partial charge in [-0.3, -0.25) is 9.78 Å². The predicted molar refractivity (Wildman–Crippen MR) is 97.9 cm³/mol. The molecule has 5 rings (SSSR count). The molecular weight excluding hydrogens is 338 g/mol. The van der Waals surface area contributed by atoms with E-state index < -0.39 is 5.69 Å². The first-order valence-corrected chi connectivity index (χ1v) is 8.88. The van der Waals surface area contributed by atoms with Crippen molar-refractivity contribution >= 4 is 32.5 Å². The second-order valence-corrected chi connectivity index (χ2v) is 7.36. The van der Waals surface area contributed by atoms with Gasteiger partial charge in [-0.25, -0.2) is 9.36 Å². The van der Waals surface area contributed by atoms with E-state index in [4.69, 9.17) is 4.74 Å². The van der Waals surface area contributed by atoms with Crippen LogP contribution in [0.5, 0.6) is 0 Å². The summed E-state index contributed by atoms with van der Waals surface area (Å²) in [5.41, 5.74) is 1.99. The van der Waals surface area contributed by atoms with Gasteiger partial charge in [0, 0.05) is 29.0 Å². The highest BCUT2D eigenvalue weighted by atomic mass is 32.1. The van der Waals surface area contributed by atoms with Crippen molar-refractivity contribution in [2.45, 2.75) is 13.0 Å². The van der Waals surface area contributed by atoms with E-state index in [1.165, 1.54) is 15.9 Å². The molecule has 0 atom stereocenters. The van der Waals surface area contributed by atoms with Gasteiger partial charge in [-0.15, -0.1) is 11.3 Å². The first-order valence-electron chi connectivity index (χ1n) is 8.06. The van der Waals surface area contributed by atoms with E-state index >= 15 is 0 Å². The average molecular weight is 353 g/mol. The zero-order chi connectivity index (χ0) is 17.1. The molecule has 1 aliphatic heterocycles. The number of aromatic amines is 1. The maximum Gasteiger partial charge on any atom is 0.334 e. The molecule has 7 heteroatoms. The van der Waals surface area contributed by atoms with Crippen LogP contribution in [-0.4, -0.2) is 20.7 Å². The SMILES string of the molecule is Cn1ccc2cc(-n3c(=O)[nH]c4sc5c(c4c3=O)CCOC5)ccc21. The van der Waals surface area contributed by atoms with E-state index in [9.17, 15) is 9.59 Å². The summed E-state index contributed by atoms with van der Waals surface area (Å²) in [6, 6.07) is 7.59. The zero-order valence-corrected chi connectivity index (χ0v) is 14.4. The molecule has 1 aromatic carbocycles. The number of aromatic nitrogens is 3. The summed E-state index contributed by atoms with van der Waals surface area (Å²) < 4.78 is 8.71. The molecule has 25 heavy (non-hydrogen) atoms. The third-order valence-corrected chi connectivity index (χ3v) is 5.91. The van der Waals surface area contributed by atoms with Gasteiger partial charge in [-0.2, -0.15) is 0 Å². The Bertz CT molecular complexity index is 1260. The minimum absolute atomic E-state index is 0.256. The third kappa shape index (κ3) is 2.06. The minimum atomic E-state index is -0.410. The quantitative estimate of drug-likeness (QED) is 0.571. The molecule has 126 valence electrons. The van der Waals surface area contributed by atoms with Gasteiger partial charge in [0.05, 0.1) is 24.3 Å². The Morgan fingerprint density at radius 3 is 3.00 bits per heavy atom. The van der Waals surface area contributed by atoms with E-state index in [-0.39, 0.29) is 5.56 Å². The van der Waals surface area contributed by atoms with Gasteiger partial charge < -0.3 is 9.30 Å². The third-order valence-electron chi connectivity index (χ3n) is 4.79. The summed E-state index contributed by atoms with van der Waals surface area (Å²) >= 11 is 1.44. The molecule has 4 heterocycles. The number of aryl methyl sites for hydroxylation is 1. The number of ether oxygens (including phenoxy) is 1. The Morgan fingerprint density at radius 1 is 1.24 bits per heavy atom. The lowest BCUT2D eigenvalue weighted by molar-refractivity contribution is 0.114. The predicted octanol–water partition coefficient (Wildman–Crippen LogP) is 2.30. The fourth-order valence-electron chi connectivity index (χ4n) is 3.55. The zero-order valence-electron chi connectivity index (χ0n) is 13.5. The van der Waals surface area contributed by atoms with E-state index in [0.29, 0.717) is 35.5 Å². The molecule has 6 nitrogen and oxygen atoms in total. The lowest BCUT2D eigenvalue weighted by Gasteiger charge is -2.11. The lowest BCUT2D eigenvalue weighted by Crippen LogP contribution is -2.33. The van der Waals surface area contributed by atoms with Gasteiger partial charge >= 0.3 is 5.69 Å².